The minimum absolute atomic E-state index is 0.0249. The molecule has 11 heteroatoms. The fourth-order valence-corrected chi connectivity index (χ4v) is 5.50. The second-order valence-electron chi connectivity index (χ2n) is 9.23. The molecule has 1 atom stereocenters. The van der Waals surface area contributed by atoms with Crippen molar-refractivity contribution in [2.75, 3.05) is 31.1 Å². The number of nitrogens with one attached hydrogen (secondary N) is 1. The number of rotatable bonds is 14. The van der Waals surface area contributed by atoms with Crippen LogP contribution in [-0.2, 0) is 26.2 Å². The van der Waals surface area contributed by atoms with Crippen molar-refractivity contribution >= 4 is 27.5 Å². The maximum absolute atomic E-state index is 13.9. The number of hydrogen-bond donors (Lipinski definition) is 1. The van der Waals surface area contributed by atoms with Crippen LogP contribution in [0.1, 0.15) is 32.8 Å². The van der Waals surface area contributed by atoms with Gasteiger partial charge in [-0.3, -0.25) is 13.9 Å². The van der Waals surface area contributed by atoms with Crippen molar-refractivity contribution in [2.45, 2.75) is 44.7 Å². The maximum Gasteiger partial charge on any atom is 0.264 e. The lowest BCUT2D eigenvalue weighted by Gasteiger charge is -2.32. The number of halogens is 1. The minimum atomic E-state index is -4.28. The Bertz CT molecular complexity index is 1410. The van der Waals surface area contributed by atoms with Crippen LogP contribution in [0.2, 0.25) is 0 Å². The molecule has 3 aromatic carbocycles. The van der Waals surface area contributed by atoms with Gasteiger partial charge in [-0.15, -0.1) is 0 Å². The molecule has 0 aliphatic heterocycles. The number of ether oxygens (including phenoxy) is 2. The highest BCUT2D eigenvalue weighted by Crippen LogP contribution is 2.26. The molecule has 0 radical (unpaired) electrons. The van der Waals surface area contributed by atoms with E-state index in [9.17, 15) is 22.4 Å². The molecule has 41 heavy (non-hydrogen) atoms. The summed E-state index contributed by atoms with van der Waals surface area (Å²) in [6, 6.07) is 16.8. The molecule has 220 valence electrons. The van der Waals surface area contributed by atoms with Gasteiger partial charge in [0.15, 0.2) is 0 Å². The van der Waals surface area contributed by atoms with Gasteiger partial charge in [-0.2, -0.15) is 0 Å². The largest absolute Gasteiger partial charge is 0.497 e. The number of methoxy groups -OCH3 is 1. The van der Waals surface area contributed by atoms with E-state index in [4.69, 9.17) is 9.47 Å². The molecule has 1 unspecified atom stereocenters. The third kappa shape index (κ3) is 8.20. The number of nitrogens with zero attached hydrogens (tertiary/aromatic N) is 2. The zero-order valence-electron chi connectivity index (χ0n) is 23.7. The summed E-state index contributed by atoms with van der Waals surface area (Å²) < 4.78 is 53.1. The smallest absolute Gasteiger partial charge is 0.264 e. The Hall–Kier alpha value is -4.12. The van der Waals surface area contributed by atoms with Gasteiger partial charge in [-0.05, 0) is 86.5 Å². The summed E-state index contributed by atoms with van der Waals surface area (Å²) in [5, 5.41) is 2.80. The molecule has 0 aromatic heterocycles. The zero-order chi connectivity index (χ0) is 30.0. The second-order valence-corrected chi connectivity index (χ2v) is 11.1. The lowest BCUT2D eigenvalue weighted by atomic mass is 10.1. The van der Waals surface area contributed by atoms with Crippen LogP contribution in [0.5, 0.6) is 11.5 Å². The van der Waals surface area contributed by atoms with E-state index in [1.54, 1.807) is 31.2 Å². The summed E-state index contributed by atoms with van der Waals surface area (Å²) in [4.78, 5) is 28.1. The first-order chi connectivity index (χ1) is 19.6. The number of hydrogen-bond acceptors (Lipinski definition) is 6. The fourth-order valence-electron chi connectivity index (χ4n) is 4.08. The van der Waals surface area contributed by atoms with E-state index < -0.39 is 34.3 Å². The van der Waals surface area contributed by atoms with E-state index in [0.29, 0.717) is 36.6 Å². The van der Waals surface area contributed by atoms with Crippen molar-refractivity contribution in [1.29, 1.82) is 0 Å². The van der Waals surface area contributed by atoms with Gasteiger partial charge in [0, 0.05) is 13.1 Å². The SMILES string of the molecule is CCCNC(=O)C(C)N(Cc1cccc(OC)c1)C(=O)CN(c1ccc(F)cc1)S(=O)(=O)c1ccc(OCC)cc1. The Labute approximate surface area is 240 Å². The van der Waals surface area contributed by atoms with E-state index in [2.05, 4.69) is 5.32 Å². The molecule has 0 aliphatic carbocycles. The molecule has 0 aliphatic rings. The number of carbonyl (C=O) groups excluding carboxylic acids is 2. The zero-order valence-corrected chi connectivity index (χ0v) is 24.5. The second kappa shape index (κ2) is 14.5. The van der Waals surface area contributed by atoms with Crippen molar-refractivity contribution in [2.24, 2.45) is 0 Å². The van der Waals surface area contributed by atoms with Crippen LogP contribution in [0.25, 0.3) is 0 Å². The van der Waals surface area contributed by atoms with Gasteiger partial charge < -0.3 is 19.7 Å². The van der Waals surface area contributed by atoms with Crippen LogP contribution < -0.4 is 19.1 Å². The summed E-state index contributed by atoms with van der Waals surface area (Å²) in [5.41, 5.74) is 0.786. The van der Waals surface area contributed by atoms with Crippen molar-refractivity contribution in [3.8, 4) is 11.5 Å². The molecule has 1 N–H and O–H groups in total. The lowest BCUT2D eigenvalue weighted by molar-refractivity contribution is -0.139. The average molecular weight is 586 g/mol. The normalized spacial score (nSPS) is 11.8. The first-order valence-corrected chi connectivity index (χ1v) is 14.8. The third-order valence-electron chi connectivity index (χ3n) is 6.32. The lowest BCUT2D eigenvalue weighted by Crippen LogP contribution is -2.51. The van der Waals surface area contributed by atoms with Gasteiger partial charge in [0.05, 0.1) is 24.3 Å². The Balaban J connectivity index is 2.01. The molecule has 0 saturated carbocycles. The van der Waals surface area contributed by atoms with Crippen LogP contribution in [0, 0.1) is 5.82 Å². The van der Waals surface area contributed by atoms with Gasteiger partial charge >= 0.3 is 0 Å². The van der Waals surface area contributed by atoms with Crippen LogP contribution >= 0.6 is 0 Å². The molecular formula is C30H36FN3O6S. The van der Waals surface area contributed by atoms with E-state index in [-0.39, 0.29) is 23.0 Å². The molecule has 0 spiro atoms. The number of sulfonamides is 1. The molecule has 2 amide bonds. The number of benzene rings is 3. The average Bonchev–Trinajstić information content (AvgIpc) is 2.98. The highest BCUT2D eigenvalue weighted by molar-refractivity contribution is 7.92. The van der Waals surface area contributed by atoms with Crippen LogP contribution in [-0.4, -0.2) is 58.0 Å². The van der Waals surface area contributed by atoms with Gasteiger partial charge in [-0.1, -0.05) is 19.1 Å². The summed E-state index contributed by atoms with van der Waals surface area (Å²) in [6.07, 6.45) is 0.709. The monoisotopic (exact) mass is 585 g/mol. The van der Waals surface area contributed by atoms with E-state index in [1.807, 2.05) is 13.8 Å². The molecule has 0 saturated heterocycles. The minimum Gasteiger partial charge on any atom is -0.497 e. The molecular weight excluding hydrogens is 549 g/mol. The molecule has 9 nitrogen and oxygen atoms in total. The van der Waals surface area contributed by atoms with Gasteiger partial charge in [0.1, 0.15) is 29.9 Å². The fraction of sp³-hybridized carbons (Fsp3) is 0.333. The Morgan fingerprint density at radius 3 is 2.27 bits per heavy atom. The van der Waals surface area contributed by atoms with Gasteiger partial charge in [0.25, 0.3) is 10.0 Å². The van der Waals surface area contributed by atoms with E-state index >= 15 is 0 Å². The van der Waals surface area contributed by atoms with Crippen molar-refractivity contribution in [3.63, 3.8) is 0 Å². The summed E-state index contributed by atoms with van der Waals surface area (Å²) in [5.74, 6) is -0.479. The maximum atomic E-state index is 13.9. The first kappa shape index (κ1) is 31.4. The molecule has 0 fully saturated rings. The number of carbonyl (C=O) groups is 2. The molecule has 3 aromatic rings. The van der Waals surface area contributed by atoms with E-state index in [1.165, 1.54) is 48.4 Å². The van der Waals surface area contributed by atoms with Crippen LogP contribution in [0.4, 0.5) is 10.1 Å². The predicted octanol–water partition coefficient (Wildman–Crippen LogP) is 4.37. The van der Waals surface area contributed by atoms with E-state index in [0.717, 1.165) is 16.4 Å². The number of amides is 2. The summed E-state index contributed by atoms with van der Waals surface area (Å²) in [6.45, 7) is 5.55. The van der Waals surface area contributed by atoms with Crippen LogP contribution in [0.15, 0.2) is 77.7 Å². The Kier molecular flexibility index (Phi) is 11.1. The Morgan fingerprint density at radius 1 is 0.976 bits per heavy atom. The number of anilines is 1. The van der Waals surface area contributed by atoms with Crippen molar-refractivity contribution in [3.05, 3.63) is 84.2 Å². The quantitative estimate of drug-likeness (QED) is 0.301. The van der Waals surface area contributed by atoms with Crippen molar-refractivity contribution < 1.29 is 31.9 Å². The standard InChI is InChI=1S/C30H36FN3O6S/c1-5-18-32-30(36)22(3)33(20-23-8-7-9-27(19-23)39-4)29(35)21-34(25-12-10-24(31)11-13-25)41(37,38)28-16-14-26(15-17-28)40-6-2/h7-17,19,22H,5-6,18,20-21H2,1-4H3,(H,32,36). The van der Waals surface area contributed by atoms with Gasteiger partial charge in [0.2, 0.25) is 11.8 Å². The summed E-state index contributed by atoms with van der Waals surface area (Å²) >= 11 is 0. The van der Waals surface area contributed by atoms with Crippen molar-refractivity contribution in [1.82, 2.24) is 10.2 Å². The third-order valence-corrected chi connectivity index (χ3v) is 8.11. The highest BCUT2D eigenvalue weighted by Gasteiger charge is 2.32. The van der Waals surface area contributed by atoms with Gasteiger partial charge in [-0.25, -0.2) is 12.8 Å². The topological polar surface area (TPSA) is 105 Å². The molecule has 0 bridgehead atoms. The van der Waals surface area contributed by atoms with Crippen LogP contribution in [0.3, 0.4) is 0 Å². The highest BCUT2D eigenvalue weighted by atomic mass is 32.2. The first-order valence-electron chi connectivity index (χ1n) is 13.3. The Morgan fingerprint density at radius 2 is 1.66 bits per heavy atom. The summed E-state index contributed by atoms with van der Waals surface area (Å²) in [7, 11) is -2.76. The molecule has 3 rings (SSSR count). The molecule has 0 heterocycles. The predicted molar refractivity (Wildman–Crippen MR) is 155 cm³/mol.